The Labute approximate surface area is 200 Å². The van der Waals surface area contributed by atoms with Gasteiger partial charge in [-0.15, -0.1) is 0 Å². The van der Waals surface area contributed by atoms with Gasteiger partial charge in [-0.05, 0) is 61.4 Å². The van der Waals surface area contributed by atoms with Gasteiger partial charge in [0.2, 0.25) is 10.0 Å². The van der Waals surface area contributed by atoms with Crippen molar-refractivity contribution in [2.24, 2.45) is 7.05 Å². The Morgan fingerprint density at radius 3 is 2.50 bits per heavy atom. The number of amides is 1. The lowest BCUT2D eigenvalue weighted by molar-refractivity contribution is 0.0703. The molecule has 2 fully saturated rings. The van der Waals surface area contributed by atoms with Gasteiger partial charge >= 0.3 is 0 Å². The Morgan fingerprint density at radius 1 is 1.06 bits per heavy atom. The third-order valence-corrected chi connectivity index (χ3v) is 9.16. The molecule has 9 heteroatoms. The smallest absolute Gasteiger partial charge is 0.270 e. The molecule has 4 heterocycles. The van der Waals surface area contributed by atoms with E-state index in [1.54, 1.807) is 35.3 Å². The second kappa shape index (κ2) is 9.11. The number of aromatic amines is 1. The number of hydrogen-bond acceptors (Lipinski definition) is 4. The Bertz CT molecular complexity index is 1300. The number of fused-ring (bicyclic) bond motifs is 1. The number of carbonyl (C=O) groups excluding carboxylic acids is 1. The third-order valence-electron chi connectivity index (χ3n) is 7.29. The number of piperidine rings is 2. The molecule has 0 bridgehead atoms. The molecule has 3 aromatic rings. The average Bonchev–Trinajstić information content (AvgIpc) is 3.47. The van der Waals surface area contributed by atoms with Crippen LogP contribution in [-0.2, 0) is 17.1 Å². The van der Waals surface area contributed by atoms with Crippen LogP contribution >= 0.6 is 0 Å². The number of rotatable bonds is 5. The van der Waals surface area contributed by atoms with E-state index in [0.717, 1.165) is 43.4 Å². The predicted octanol–water partition coefficient (Wildman–Crippen LogP) is 3.71. The highest BCUT2D eigenvalue weighted by atomic mass is 32.2. The van der Waals surface area contributed by atoms with Gasteiger partial charge in [0.1, 0.15) is 16.3 Å². The van der Waals surface area contributed by atoms with Crippen LogP contribution in [0.4, 0.5) is 0 Å². The Kier molecular flexibility index (Phi) is 6.16. The van der Waals surface area contributed by atoms with Gasteiger partial charge in [-0.1, -0.05) is 6.42 Å². The largest absolute Gasteiger partial charge is 0.497 e. The summed E-state index contributed by atoms with van der Waals surface area (Å²) < 4.78 is 34.7. The zero-order valence-electron chi connectivity index (χ0n) is 19.8. The second-order valence-electron chi connectivity index (χ2n) is 9.36. The van der Waals surface area contributed by atoms with Crippen LogP contribution in [0.5, 0.6) is 5.75 Å². The van der Waals surface area contributed by atoms with E-state index in [-0.39, 0.29) is 10.8 Å². The number of ether oxygens (including phenoxy) is 1. The fourth-order valence-electron chi connectivity index (χ4n) is 5.28. The summed E-state index contributed by atoms with van der Waals surface area (Å²) in [6.45, 7) is 2.38. The maximum Gasteiger partial charge on any atom is 0.270 e. The first-order chi connectivity index (χ1) is 16.4. The highest BCUT2D eigenvalue weighted by Crippen LogP contribution is 2.35. The molecule has 2 aromatic heterocycles. The first kappa shape index (κ1) is 23.0. The van der Waals surface area contributed by atoms with Crippen LogP contribution < -0.4 is 4.74 Å². The van der Waals surface area contributed by atoms with Crippen molar-refractivity contribution in [3.63, 3.8) is 0 Å². The van der Waals surface area contributed by atoms with Crippen LogP contribution in [0.1, 0.15) is 54.1 Å². The minimum absolute atomic E-state index is 0.110. The van der Waals surface area contributed by atoms with Crippen LogP contribution in [0.3, 0.4) is 0 Å². The Balaban J connectivity index is 1.29. The van der Waals surface area contributed by atoms with Crippen molar-refractivity contribution < 1.29 is 17.9 Å². The van der Waals surface area contributed by atoms with Crippen molar-refractivity contribution >= 4 is 26.8 Å². The number of carbonyl (C=O) groups is 1. The molecule has 34 heavy (non-hydrogen) atoms. The molecule has 2 aliphatic heterocycles. The van der Waals surface area contributed by atoms with Gasteiger partial charge in [-0.2, -0.15) is 4.31 Å². The minimum Gasteiger partial charge on any atom is -0.497 e. The van der Waals surface area contributed by atoms with Crippen LogP contribution in [0, 0.1) is 0 Å². The summed E-state index contributed by atoms with van der Waals surface area (Å²) in [6.07, 6.45) is 8.20. The maximum atomic E-state index is 13.3. The molecule has 8 nitrogen and oxygen atoms in total. The molecule has 0 saturated carbocycles. The monoisotopic (exact) mass is 484 g/mol. The standard InChI is InChI=1S/C25H32N4O4S/c1-27-17-20(34(31,32)29-10-4-3-5-11-29)15-24(27)25(30)28-12-8-18(9-13-28)22-16-26-23-7-6-19(33-2)14-21(22)23/h6-7,14-18,26H,3-5,8-13H2,1-2H3. The minimum atomic E-state index is -3.56. The molecule has 182 valence electrons. The highest BCUT2D eigenvalue weighted by molar-refractivity contribution is 7.89. The molecule has 0 unspecified atom stereocenters. The summed E-state index contributed by atoms with van der Waals surface area (Å²) in [5.74, 6) is 1.08. The lowest BCUT2D eigenvalue weighted by Gasteiger charge is -2.32. The molecule has 2 aliphatic rings. The van der Waals surface area contributed by atoms with Crippen LogP contribution in [-0.4, -0.2) is 66.4 Å². The number of nitrogens with zero attached hydrogens (tertiary/aromatic N) is 3. The topological polar surface area (TPSA) is 87.6 Å². The van der Waals surface area contributed by atoms with E-state index in [2.05, 4.69) is 17.2 Å². The predicted molar refractivity (Wildman–Crippen MR) is 131 cm³/mol. The molecular formula is C25H32N4O4S. The van der Waals surface area contributed by atoms with Crippen LogP contribution in [0.15, 0.2) is 41.6 Å². The lowest BCUT2D eigenvalue weighted by atomic mass is 9.89. The van der Waals surface area contributed by atoms with Crippen molar-refractivity contribution in [2.75, 3.05) is 33.3 Å². The Hall–Kier alpha value is -2.78. The third kappa shape index (κ3) is 4.11. The number of sulfonamides is 1. The van der Waals surface area contributed by atoms with E-state index < -0.39 is 10.0 Å². The molecule has 0 radical (unpaired) electrons. The van der Waals surface area contributed by atoms with Crippen molar-refractivity contribution in [3.05, 3.63) is 47.9 Å². The SMILES string of the molecule is COc1ccc2[nH]cc(C3CCN(C(=O)c4cc(S(=O)(=O)N5CCCCC5)cn4C)CC3)c2c1. The number of hydrogen-bond donors (Lipinski definition) is 1. The number of likely N-dealkylation sites (tertiary alicyclic amines) is 1. The van der Waals surface area contributed by atoms with E-state index in [9.17, 15) is 13.2 Å². The summed E-state index contributed by atoms with van der Waals surface area (Å²) in [5, 5.41) is 1.17. The first-order valence-corrected chi connectivity index (χ1v) is 13.4. The van der Waals surface area contributed by atoms with Gasteiger partial charge in [-0.25, -0.2) is 8.42 Å². The Morgan fingerprint density at radius 2 is 1.79 bits per heavy atom. The molecule has 0 aliphatic carbocycles. The zero-order valence-corrected chi connectivity index (χ0v) is 20.6. The summed E-state index contributed by atoms with van der Waals surface area (Å²) in [4.78, 5) is 18.7. The molecule has 1 aromatic carbocycles. The number of aryl methyl sites for hydroxylation is 1. The summed E-state index contributed by atoms with van der Waals surface area (Å²) >= 11 is 0. The van der Waals surface area contributed by atoms with Gasteiger partial charge in [0.15, 0.2) is 0 Å². The lowest BCUT2D eigenvalue weighted by Crippen LogP contribution is -2.38. The average molecular weight is 485 g/mol. The molecule has 0 spiro atoms. The number of methoxy groups -OCH3 is 1. The molecule has 2 saturated heterocycles. The molecule has 1 N–H and O–H groups in total. The number of nitrogens with one attached hydrogen (secondary N) is 1. The first-order valence-electron chi connectivity index (χ1n) is 12.0. The van der Waals surface area contributed by atoms with Gasteiger partial charge in [0, 0.05) is 56.5 Å². The van der Waals surface area contributed by atoms with Crippen molar-refractivity contribution in [1.82, 2.24) is 18.8 Å². The molecular weight excluding hydrogens is 452 g/mol. The van der Waals surface area contributed by atoms with E-state index in [1.165, 1.54) is 10.9 Å². The molecule has 5 rings (SSSR count). The summed E-state index contributed by atoms with van der Waals surface area (Å²) in [6, 6.07) is 7.59. The summed E-state index contributed by atoms with van der Waals surface area (Å²) in [7, 11) is -0.149. The highest BCUT2D eigenvalue weighted by Gasteiger charge is 2.31. The van der Waals surface area contributed by atoms with E-state index in [4.69, 9.17) is 4.74 Å². The summed E-state index contributed by atoms with van der Waals surface area (Å²) in [5.41, 5.74) is 2.77. The van der Waals surface area contributed by atoms with E-state index >= 15 is 0 Å². The van der Waals surface area contributed by atoms with Gasteiger partial charge in [-0.3, -0.25) is 4.79 Å². The van der Waals surface area contributed by atoms with E-state index in [0.29, 0.717) is 37.8 Å². The van der Waals surface area contributed by atoms with E-state index in [1.807, 2.05) is 17.0 Å². The van der Waals surface area contributed by atoms with Crippen molar-refractivity contribution in [1.29, 1.82) is 0 Å². The second-order valence-corrected chi connectivity index (χ2v) is 11.3. The molecule has 1 amide bonds. The van der Waals surface area contributed by atoms with Gasteiger partial charge < -0.3 is 19.2 Å². The van der Waals surface area contributed by atoms with Crippen molar-refractivity contribution in [3.8, 4) is 5.75 Å². The fourth-order valence-corrected chi connectivity index (χ4v) is 6.87. The normalized spacial score (nSPS) is 18.5. The van der Waals surface area contributed by atoms with Crippen LogP contribution in [0.2, 0.25) is 0 Å². The number of aromatic nitrogens is 2. The van der Waals surface area contributed by atoms with Crippen LogP contribution in [0.25, 0.3) is 10.9 Å². The van der Waals surface area contributed by atoms with Gasteiger partial charge in [0.05, 0.1) is 7.11 Å². The zero-order chi connectivity index (χ0) is 23.9. The molecule has 0 atom stereocenters. The maximum absolute atomic E-state index is 13.3. The fraction of sp³-hybridized carbons (Fsp3) is 0.480. The number of benzene rings is 1. The number of H-pyrrole nitrogens is 1. The van der Waals surface area contributed by atoms with Crippen molar-refractivity contribution in [2.45, 2.75) is 42.9 Å². The quantitative estimate of drug-likeness (QED) is 0.598. The van der Waals surface area contributed by atoms with Gasteiger partial charge in [0.25, 0.3) is 5.91 Å².